The zero-order valence-corrected chi connectivity index (χ0v) is 12.9. The molecule has 2 nitrogen and oxygen atoms in total. The Kier molecular flexibility index (Phi) is 3.73. The Labute approximate surface area is 126 Å². The third kappa shape index (κ3) is 2.68. The van der Waals surface area contributed by atoms with Crippen molar-refractivity contribution in [3.8, 4) is 5.75 Å². The van der Waals surface area contributed by atoms with Gasteiger partial charge in [-0.15, -0.1) is 0 Å². The number of hydrogen-bond donors (Lipinski definition) is 1. The van der Waals surface area contributed by atoms with Gasteiger partial charge in [-0.3, -0.25) is 0 Å². The second-order valence-electron chi connectivity index (χ2n) is 5.97. The minimum Gasteiger partial charge on any atom is -0.496 e. The monoisotopic (exact) mass is 282 g/mol. The molecule has 0 heterocycles. The summed E-state index contributed by atoms with van der Waals surface area (Å²) in [7, 11) is 1.66. The van der Waals surface area contributed by atoms with Gasteiger partial charge in [-0.25, -0.2) is 0 Å². The van der Waals surface area contributed by atoms with E-state index in [1.807, 2.05) is 31.2 Å². The maximum absolute atomic E-state index is 10.7. The van der Waals surface area contributed by atoms with Crippen molar-refractivity contribution in [3.63, 3.8) is 0 Å². The van der Waals surface area contributed by atoms with Crippen LogP contribution < -0.4 is 4.74 Å². The molecule has 2 aromatic carbocycles. The lowest BCUT2D eigenvalue weighted by Gasteiger charge is -2.18. The Morgan fingerprint density at radius 1 is 1.05 bits per heavy atom. The summed E-state index contributed by atoms with van der Waals surface area (Å²) < 4.78 is 5.51. The first kappa shape index (κ1) is 14.2. The normalized spacial score (nSPS) is 15.8. The van der Waals surface area contributed by atoms with Gasteiger partial charge in [0, 0.05) is 5.56 Å². The van der Waals surface area contributed by atoms with Gasteiger partial charge in [0.2, 0.25) is 0 Å². The van der Waals surface area contributed by atoms with Crippen LogP contribution in [0.3, 0.4) is 0 Å². The Hall–Kier alpha value is -1.80. The van der Waals surface area contributed by atoms with Gasteiger partial charge in [-0.05, 0) is 54.9 Å². The average molecular weight is 282 g/mol. The molecule has 0 amide bonds. The standard InChI is InChI=1S/C19H22O2/c1-12-4-11-17(19(21-3)13(12)2)18(20)16-9-7-15(8-10-16)14-5-6-14/h4,7-11,14,18,20H,5-6H2,1-3H3. The Balaban J connectivity index is 1.93. The molecule has 1 aliphatic carbocycles. The SMILES string of the molecule is COc1c(C(O)c2ccc(C3CC3)cc2)ccc(C)c1C. The summed E-state index contributed by atoms with van der Waals surface area (Å²) >= 11 is 0. The van der Waals surface area contributed by atoms with Crippen LogP contribution in [0.25, 0.3) is 0 Å². The van der Waals surface area contributed by atoms with Crippen molar-refractivity contribution in [1.29, 1.82) is 0 Å². The zero-order valence-electron chi connectivity index (χ0n) is 12.9. The van der Waals surface area contributed by atoms with E-state index in [1.165, 1.54) is 24.0 Å². The first-order valence-electron chi connectivity index (χ1n) is 7.54. The molecule has 1 unspecified atom stereocenters. The van der Waals surface area contributed by atoms with Crippen molar-refractivity contribution < 1.29 is 9.84 Å². The van der Waals surface area contributed by atoms with E-state index in [1.54, 1.807) is 7.11 Å². The molecule has 2 aromatic rings. The second kappa shape index (κ2) is 5.53. The van der Waals surface area contributed by atoms with Crippen LogP contribution in [0, 0.1) is 13.8 Å². The Morgan fingerprint density at radius 3 is 2.29 bits per heavy atom. The van der Waals surface area contributed by atoms with Crippen LogP contribution in [-0.2, 0) is 0 Å². The lowest BCUT2D eigenvalue weighted by molar-refractivity contribution is 0.214. The predicted molar refractivity (Wildman–Crippen MR) is 84.9 cm³/mol. The first-order chi connectivity index (χ1) is 10.1. The van der Waals surface area contributed by atoms with E-state index in [0.717, 1.165) is 28.4 Å². The summed E-state index contributed by atoms with van der Waals surface area (Å²) in [5.41, 5.74) is 5.40. The second-order valence-corrected chi connectivity index (χ2v) is 5.97. The van der Waals surface area contributed by atoms with E-state index in [2.05, 4.69) is 19.1 Å². The topological polar surface area (TPSA) is 29.5 Å². The molecule has 1 fully saturated rings. The molecule has 1 atom stereocenters. The van der Waals surface area contributed by atoms with E-state index in [0.29, 0.717) is 0 Å². The van der Waals surface area contributed by atoms with Gasteiger partial charge in [0.15, 0.2) is 0 Å². The highest BCUT2D eigenvalue weighted by Gasteiger charge is 2.24. The highest BCUT2D eigenvalue weighted by molar-refractivity contribution is 5.49. The summed E-state index contributed by atoms with van der Waals surface area (Å²) in [5, 5.41) is 10.7. The van der Waals surface area contributed by atoms with Crippen molar-refractivity contribution >= 4 is 0 Å². The molecule has 0 aliphatic heterocycles. The van der Waals surface area contributed by atoms with Crippen LogP contribution >= 0.6 is 0 Å². The lowest BCUT2D eigenvalue weighted by Crippen LogP contribution is -2.04. The van der Waals surface area contributed by atoms with E-state index in [9.17, 15) is 5.11 Å². The van der Waals surface area contributed by atoms with Crippen molar-refractivity contribution in [2.45, 2.75) is 38.7 Å². The number of rotatable bonds is 4. The van der Waals surface area contributed by atoms with E-state index >= 15 is 0 Å². The third-order valence-corrected chi connectivity index (χ3v) is 4.51. The largest absolute Gasteiger partial charge is 0.496 e. The molecular formula is C19H22O2. The maximum atomic E-state index is 10.7. The van der Waals surface area contributed by atoms with Gasteiger partial charge in [0.1, 0.15) is 11.9 Å². The highest BCUT2D eigenvalue weighted by Crippen LogP contribution is 2.41. The summed E-state index contributed by atoms with van der Waals surface area (Å²) in [5.74, 6) is 1.53. The van der Waals surface area contributed by atoms with Gasteiger partial charge in [0.25, 0.3) is 0 Å². The minimum atomic E-state index is -0.646. The van der Waals surface area contributed by atoms with Gasteiger partial charge in [-0.1, -0.05) is 36.4 Å². The number of hydrogen-bond acceptors (Lipinski definition) is 2. The Morgan fingerprint density at radius 2 is 1.71 bits per heavy atom. The third-order valence-electron chi connectivity index (χ3n) is 4.51. The summed E-state index contributed by atoms with van der Waals surface area (Å²) in [6, 6.07) is 12.4. The van der Waals surface area contributed by atoms with Crippen molar-refractivity contribution in [3.05, 3.63) is 64.2 Å². The first-order valence-corrected chi connectivity index (χ1v) is 7.54. The van der Waals surface area contributed by atoms with Crippen LogP contribution in [0.5, 0.6) is 5.75 Å². The summed E-state index contributed by atoms with van der Waals surface area (Å²) in [6.07, 6.45) is 1.95. The van der Waals surface area contributed by atoms with Crippen molar-refractivity contribution in [2.75, 3.05) is 7.11 Å². The maximum Gasteiger partial charge on any atom is 0.128 e. The molecule has 0 bridgehead atoms. The van der Waals surface area contributed by atoms with Crippen molar-refractivity contribution in [2.24, 2.45) is 0 Å². The number of aryl methyl sites for hydroxylation is 1. The predicted octanol–water partition coefficient (Wildman–Crippen LogP) is 4.27. The fraction of sp³-hybridized carbons (Fsp3) is 0.368. The zero-order chi connectivity index (χ0) is 15.0. The molecule has 0 saturated heterocycles. The minimum absolute atomic E-state index is 0.646. The molecule has 2 heteroatoms. The van der Waals surface area contributed by atoms with Crippen molar-refractivity contribution in [1.82, 2.24) is 0 Å². The van der Waals surface area contributed by atoms with Crippen LogP contribution in [0.15, 0.2) is 36.4 Å². The quantitative estimate of drug-likeness (QED) is 0.907. The summed E-state index contributed by atoms with van der Waals surface area (Å²) in [4.78, 5) is 0. The molecule has 110 valence electrons. The van der Waals surface area contributed by atoms with Gasteiger partial charge in [-0.2, -0.15) is 0 Å². The molecule has 3 rings (SSSR count). The smallest absolute Gasteiger partial charge is 0.128 e. The molecular weight excluding hydrogens is 260 g/mol. The Bertz CT molecular complexity index is 639. The average Bonchev–Trinajstić information content (AvgIpc) is 3.34. The number of aliphatic hydroxyl groups excluding tert-OH is 1. The molecule has 1 aliphatic rings. The number of aliphatic hydroxyl groups is 1. The summed E-state index contributed by atoms with van der Waals surface area (Å²) in [6.45, 7) is 4.08. The van der Waals surface area contributed by atoms with E-state index < -0.39 is 6.10 Å². The molecule has 0 spiro atoms. The van der Waals surface area contributed by atoms with Crippen LogP contribution in [0.4, 0.5) is 0 Å². The molecule has 0 aromatic heterocycles. The van der Waals surface area contributed by atoms with Crippen LogP contribution in [-0.4, -0.2) is 12.2 Å². The molecule has 21 heavy (non-hydrogen) atoms. The van der Waals surface area contributed by atoms with Gasteiger partial charge < -0.3 is 9.84 Å². The highest BCUT2D eigenvalue weighted by atomic mass is 16.5. The van der Waals surface area contributed by atoms with Crippen LogP contribution in [0.2, 0.25) is 0 Å². The number of methoxy groups -OCH3 is 1. The fourth-order valence-electron chi connectivity index (χ4n) is 2.84. The molecule has 1 N–H and O–H groups in total. The number of benzene rings is 2. The fourth-order valence-corrected chi connectivity index (χ4v) is 2.84. The van der Waals surface area contributed by atoms with Crippen LogP contribution in [0.1, 0.15) is 52.7 Å². The van der Waals surface area contributed by atoms with Gasteiger partial charge in [0.05, 0.1) is 7.11 Å². The van der Waals surface area contributed by atoms with Gasteiger partial charge >= 0.3 is 0 Å². The lowest BCUT2D eigenvalue weighted by atomic mass is 9.95. The molecule has 1 saturated carbocycles. The van der Waals surface area contributed by atoms with E-state index in [4.69, 9.17) is 4.74 Å². The molecule has 0 radical (unpaired) electrons. The van der Waals surface area contributed by atoms with E-state index in [-0.39, 0.29) is 0 Å². The number of ether oxygens (including phenoxy) is 1.